The second-order valence-electron chi connectivity index (χ2n) is 24.4. The second kappa shape index (κ2) is 50.0. The molecule has 11 heteroatoms. The van der Waals surface area contributed by atoms with Gasteiger partial charge in [-0.1, -0.05) is 310 Å². The topological polar surface area (TPSA) is 74.6 Å². The number of ether oxygens (including phenoxy) is 3. The van der Waals surface area contributed by atoms with E-state index in [0.717, 1.165) is 57.8 Å². The number of unbranched alkanes of at least 4 members (excludes halogenated alkanes) is 45. The third-order valence-electron chi connectivity index (χ3n) is 16.8. The van der Waals surface area contributed by atoms with E-state index in [2.05, 4.69) is 24.4 Å². The molecule has 1 N–H and O–H groups in total. The van der Waals surface area contributed by atoms with Crippen molar-refractivity contribution in [1.82, 2.24) is 0 Å². The highest BCUT2D eigenvalue weighted by molar-refractivity contribution is 8.32. The van der Waals surface area contributed by atoms with E-state index in [0.29, 0.717) is 51.8 Å². The molecule has 0 radical (unpaired) electrons. The Labute approximate surface area is 516 Å². The van der Waals surface area contributed by atoms with Crippen molar-refractivity contribution in [1.29, 1.82) is 0 Å². The summed E-state index contributed by atoms with van der Waals surface area (Å²) in [6.07, 6.45) is 61.7. The van der Waals surface area contributed by atoms with E-state index in [1.807, 2.05) is 0 Å². The van der Waals surface area contributed by atoms with Gasteiger partial charge in [0.2, 0.25) is 0 Å². The lowest BCUT2D eigenvalue weighted by atomic mass is 10.0. The van der Waals surface area contributed by atoms with E-state index in [4.69, 9.17) is 14.2 Å². The molecule has 0 bridgehead atoms. The standard InChI is InChI=1S/C73H123F3O6S2/c1-4-7-10-13-16-19-22-25-28-31-34-37-40-43-46-49-64-79-67-52-58-70(59-53-67)83(82-84(77,78)73(74,75)76,71-60-54-68(55-61-71)80-65-50-47-44-41-38-35-32-29-26-23-20-17-14-11-8-5-2)72-62-56-69(57-63-72)81-66-51-48-45-42-39-36-33-30-27-24-21-18-15-12-9-6-3/h52-63H,4-51,64-66H2,1-3H3/p+1. The summed E-state index contributed by atoms with van der Waals surface area (Å²) in [6.45, 7) is 8.36. The Hall–Kier alpha value is -2.89. The first kappa shape index (κ1) is 75.4. The fraction of sp³-hybridized carbons (Fsp3) is 0.753. The minimum Gasteiger partial charge on any atom is -0.494 e. The number of hydrogen-bond acceptors (Lipinski definition) is 5. The summed E-state index contributed by atoms with van der Waals surface area (Å²) >= 11 is 0. The van der Waals surface area contributed by atoms with E-state index >= 15 is 0 Å². The number of alkyl halides is 3. The molecular weight excluding hydrogens is 1090 g/mol. The maximum atomic E-state index is 14.6. The van der Waals surface area contributed by atoms with Gasteiger partial charge >= 0.3 is 15.6 Å². The van der Waals surface area contributed by atoms with Crippen LogP contribution in [0.4, 0.5) is 13.2 Å². The van der Waals surface area contributed by atoms with Crippen LogP contribution in [0.2, 0.25) is 0 Å². The summed E-state index contributed by atoms with van der Waals surface area (Å²) in [5, 5.41) is 0. The fourth-order valence-electron chi connectivity index (χ4n) is 11.4. The normalized spacial score (nSPS) is 12.3. The summed E-state index contributed by atoms with van der Waals surface area (Å²) in [6, 6.07) is 20.4. The van der Waals surface area contributed by atoms with Crippen LogP contribution in [0.15, 0.2) is 87.5 Å². The summed E-state index contributed by atoms with van der Waals surface area (Å²) in [4.78, 5) is 1.02. The van der Waals surface area contributed by atoms with Crippen molar-refractivity contribution in [3.05, 3.63) is 72.8 Å². The number of benzene rings is 3. The molecule has 3 aromatic carbocycles. The van der Waals surface area contributed by atoms with Crippen LogP contribution in [-0.2, 0) is 10.1 Å². The van der Waals surface area contributed by atoms with E-state index in [1.165, 1.54) is 250 Å². The van der Waals surface area contributed by atoms with Crippen LogP contribution in [0.1, 0.15) is 329 Å². The average molecular weight is 1220 g/mol. The molecule has 0 saturated carbocycles. The zero-order valence-electron chi connectivity index (χ0n) is 53.9. The maximum Gasteiger partial charge on any atom is 0.572 e. The van der Waals surface area contributed by atoms with Gasteiger partial charge in [0.1, 0.15) is 17.2 Å². The Morgan fingerprint density at radius 3 is 0.619 bits per heavy atom. The van der Waals surface area contributed by atoms with Crippen LogP contribution < -0.4 is 14.2 Å². The van der Waals surface area contributed by atoms with Crippen molar-refractivity contribution in [3.8, 4) is 17.2 Å². The van der Waals surface area contributed by atoms with Gasteiger partial charge in [-0.2, -0.15) is 13.2 Å². The molecule has 484 valence electrons. The monoisotopic (exact) mass is 1220 g/mol. The maximum absolute atomic E-state index is 14.6. The Morgan fingerprint density at radius 1 is 0.286 bits per heavy atom. The lowest BCUT2D eigenvalue weighted by Crippen LogP contribution is -2.30. The molecule has 0 aliphatic carbocycles. The fourth-order valence-corrected chi connectivity index (χ4v) is 16.4. The van der Waals surface area contributed by atoms with Crippen molar-refractivity contribution in [3.63, 3.8) is 0 Å². The van der Waals surface area contributed by atoms with Crippen LogP contribution in [0, 0.1) is 0 Å². The third kappa shape index (κ3) is 35.2. The zero-order chi connectivity index (χ0) is 60.3. The largest absolute Gasteiger partial charge is 0.572 e. The Morgan fingerprint density at radius 2 is 0.452 bits per heavy atom. The smallest absolute Gasteiger partial charge is 0.494 e. The zero-order valence-corrected chi connectivity index (χ0v) is 55.6. The van der Waals surface area contributed by atoms with Crippen LogP contribution in [0.5, 0.6) is 17.2 Å². The highest BCUT2D eigenvalue weighted by Gasteiger charge is 2.58. The Balaban J connectivity index is 1.59. The quantitative estimate of drug-likeness (QED) is 0.0244. The van der Waals surface area contributed by atoms with Crippen molar-refractivity contribution < 1.29 is 39.4 Å². The first-order valence-electron chi connectivity index (χ1n) is 35.1. The van der Waals surface area contributed by atoms with Crippen LogP contribution in [-0.4, -0.2) is 37.4 Å². The first-order chi connectivity index (χ1) is 41.1. The summed E-state index contributed by atoms with van der Waals surface area (Å²) < 4.78 is 92.9. The van der Waals surface area contributed by atoms with Gasteiger partial charge in [0.05, 0.1) is 44.8 Å². The van der Waals surface area contributed by atoms with Gasteiger partial charge < -0.3 is 14.2 Å². The van der Waals surface area contributed by atoms with Gasteiger partial charge in [0.15, 0.2) is 0 Å². The number of rotatable bonds is 59. The van der Waals surface area contributed by atoms with Gasteiger partial charge in [-0.25, -0.2) is 0 Å². The molecule has 0 aromatic heterocycles. The van der Waals surface area contributed by atoms with E-state index in [9.17, 15) is 21.6 Å². The first-order valence-corrected chi connectivity index (χ1v) is 38.2. The minimum atomic E-state index is -5.98. The van der Waals surface area contributed by atoms with Crippen LogP contribution in [0.3, 0.4) is 0 Å². The summed E-state index contributed by atoms with van der Waals surface area (Å²) in [5.41, 5.74) is -5.60. The molecule has 0 fully saturated rings. The SMILES string of the molecule is CCCCCCCCCCCCCCCCCCOc1ccc(S([OH+]S(=O)(=O)C(F)(F)F)(c2ccc(OCCCCCCCCCCCCCCCCCC)cc2)c2ccc(OCCCCCCCCCCCCCCCCCC)cc2)cc1. The molecule has 0 unspecified atom stereocenters. The molecule has 3 rings (SSSR count). The van der Waals surface area contributed by atoms with E-state index in [1.54, 1.807) is 72.8 Å². The molecule has 0 aliphatic rings. The molecular formula is C73H124F3O6S2+. The predicted molar refractivity (Wildman–Crippen MR) is 354 cm³/mol. The van der Waals surface area contributed by atoms with Gasteiger partial charge in [-0.3, -0.25) is 3.63 Å². The molecule has 0 spiro atoms. The lowest BCUT2D eigenvalue weighted by molar-refractivity contribution is -0.0540. The molecule has 0 atom stereocenters. The summed E-state index contributed by atoms with van der Waals surface area (Å²) in [7, 11) is -9.41. The molecule has 6 nitrogen and oxygen atoms in total. The van der Waals surface area contributed by atoms with Crippen molar-refractivity contribution in [2.45, 2.75) is 349 Å². The van der Waals surface area contributed by atoms with Crippen molar-refractivity contribution in [2.75, 3.05) is 19.8 Å². The van der Waals surface area contributed by atoms with Gasteiger partial charge in [-0.15, -0.1) is 8.42 Å². The molecule has 0 aliphatic heterocycles. The van der Waals surface area contributed by atoms with Crippen LogP contribution >= 0.6 is 10.3 Å². The van der Waals surface area contributed by atoms with E-state index < -0.39 is 25.9 Å². The highest BCUT2D eigenvalue weighted by Crippen LogP contribution is 2.69. The number of halogens is 3. The van der Waals surface area contributed by atoms with Crippen LogP contribution in [0.25, 0.3) is 0 Å². The van der Waals surface area contributed by atoms with Gasteiger partial charge in [-0.05, 0) is 92.1 Å². The third-order valence-corrected chi connectivity index (χ3v) is 21.9. The Kier molecular flexibility index (Phi) is 44.9. The predicted octanol–water partition coefficient (Wildman–Crippen LogP) is 25.7. The molecule has 84 heavy (non-hydrogen) atoms. The van der Waals surface area contributed by atoms with Gasteiger partial charge in [0, 0.05) is 0 Å². The van der Waals surface area contributed by atoms with Crippen molar-refractivity contribution >= 4 is 20.4 Å². The molecule has 3 aromatic rings. The van der Waals surface area contributed by atoms with E-state index in [-0.39, 0.29) is 0 Å². The number of hydrogen-bond donors (Lipinski definition) is 0. The van der Waals surface area contributed by atoms with Gasteiger partial charge in [0.25, 0.3) is 0 Å². The minimum absolute atomic E-state index is 0.341. The molecule has 0 saturated heterocycles. The average Bonchev–Trinajstić information content (AvgIpc) is 1.02. The molecule has 0 amide bonds. The lowest BCUT2D eigenvalue weighted by Gasteiger charge is -2.35. The second-order valence-corrected chi connectivity index (χ2v) is 29.0. The van der Waals surface area contributed by atoms with Crippen molar-refractivity contribution in [2.24, 2.45) is 0 Å². The summed E-state index contributed by atoms with van der Waals surface area (Å²) in [5.74, 6) is 1.71. The molecule has 0 heterocycles. The highest BCUT2D eigenvalue weighted by atomic mass is 32.3. The Bertz CT molecular complexity index is 1850.